The molecular formula is C19H27NO3. The van der Waals surface area contributed by atoms with Crippen LogP contribution in [0.2, 0.25) is 0 Å². The van der Waals surface area contributed by atoms with Gasteiger partial charge in [-0.2, -0.15) is 0 Å². The van der Waals surface area contributed by atoms with Gasteiger partial charge in [-0.3, -0.25) is 9.59 Å². The zero-order chi connectivity index (χ0) is 16.8. The van der Waals surface area contributed by atoms with Crippen molar-refractivity contribution < 1.29 is 14.3 Å². The molecule has 126 valence electrons. The van der Waals surface area contributed by atoms with Gasteiger partial charge in [-0.05, 0) is 30.7 Å². The average molecular weight is 317 g/mol. The summed E-state index contributed by atoms with van der Waals surface area (Å²) in [5.74, 6) is 0.524. The molecule has 3 atom stereocenters. The van der Waals surface area contributed by atoms with Crippen molar-refractivity contribution in [2.75, 3.05) is 6.61 Å². The summed E-state index contributed by atoms with van der Waals surface area (Å²) in [7, 11) is 0. The van der Waals surface area contributed by atoms with Gasteiger partial charge in [-0.15, -0.1) is 0 Å². The van der Waals surface area contributed by atoms with Crippen LogP contribution in [0, 0.1) is 18.8 Å². The van der Waals surface area contributed by atoms with E-state index in [0.717, 1.165) is 24.0 Å². The predicted octanol–water partition coefficient (Wildman–Crippen LogP) is 3.02. The molecule has 1 aliphatic carbocycles. The molecule has 0 aliphatic heterocycles. The predicted molar refractivity (Wildman–Crippen MR) is 90.0 cm³/mol. The molecule has 1 amide bonds. The van der Waals surface area contributed by atoms with E-state index in [1.165, 1.54) is 6.42 Å². The number of hydrogen-bond donors (Lipinski definition) is 1. The van der Waals surface area contributed by atoms with Crippen molar-refractivity contribution in [1.29, 1.82) is 0 Å². The number of esters is 1. The summed E-state index contributed by atoms with van der Waals surface area (Å²) in [6, 6.07) is 7.92. The number of carbonyl (C=O) groups is 2. The topological polar surface area (TPSA) is 55.4 Å². The second-order valence-electron chi connectivity index (χ2n) is 6.76. The Balaban J connectivity index is 1.73. The van der Waals surface area contributed by atoms with Crippen LogP contribution in [0.15, 0.2) is 24.3 Å². The highest BCUT2D eigenvalue weighted by Crippen LogP contribution is 2.29. The van der Waals surface area contributed by atoms with Crippen LogP contribution in [-0.2, 0) is 20.7 Å². The smallest absolute Gasteiger partial charge is 0.310 e. The quantitative estimate of drug-likeness (QED) is 0.849. The van der Waals surface area contributed by atoms with E-state index < -0.39 is 0 Å². The van der Waals surface area contributed by atoms with Crippen LogP contribution in [0.25, 0.3) is 0 Å². The summed E-state index contributed by atoms with van der Waals surface area (Å²) >= 11 is 0. The van der Waals surface area contributed by atoms with Crippen LogP contribution in [-0.4, -0.2) is 24.5 Å². The van der Waals surface area contributed by atoms with Crippen molar-refractivity contribution in [2.45, 2.75) is 52.5 Å². The Hall–Kier alpha value is -1.84. The third kappa shape index (κ3) is 5.38. The van der Waals surface area contributed by atoms with Gasteiger partial charge in [-0.25, -0.2) is 0 Å². The minimum absolute atomic E-state index is 0.192. The van der Waals surface area contributed by atoms with Crippen LogP contribution in [0.1, 0.15) is 44.2 Å². The molecule has 1 N–H and O–H groups in total. The van der Waals surface area contributed by atoms with Crippen LogP contribution >= 0.6 is 0 Å². The SMILES string of the molecule is Cc1ccc(CC(=O)OCC(=O)N[C@@H]2CCC[C@H](C)[C@@H]2C)cc1. The van der Waals surface area contributed by atoms with E-state index in [-0.39, 0.29) is 30.9 Å². The first-order valence-electron chi connectivity index (χ1n) is 8.46. The fourth-order valence-corrected chi connectivity index (χ4v) is 3.10. The summed E-state index contributed by atoms with van der Waals surface area (Å²) in [4.78, 5) is 23.8. The number of aryl methyl sites for hydroxylation is 1. The van der Waals surface area contributed by atoms with Gasteiger partial charge in [0, 0.05) is 6.04 Å². The number of ether oxygens (including phenoxy) is 1. The molecule has 1 fully saturated rings. The highest BCUT2D eigenvalue weighted by atomic mass is 16.5. The lowest BCUT2D eigenvalue weighted by Crippen LogP contribution is -2.45. The van der Waals surface area contributed by atoms with Crippen molar-refractivity contribution in [1.82, 2.24) is 5.32 Å². The van der Waals surface area contributed by atoms with E-state index in [4.69, 9.17) is 4.74 Å². The Morgan fingerprint density at radius 1 is 1.17 bits per heavy atom. The number of rotatable bonds is 5. The van der Waals surface area contributed by atoms with E-state index in [9.17, 15) is 9.59 Å². The lowest BCUT2D eigenvalue weighted by atomic mass is 9.78. The first-order chi connectivity index (χ1) is 11.0. The molecule has 1 aromatic carbocycles. The minimum Gasteiger partial charge on any atom is -0.455 e. The maximum atomic E-state index is 12.0. The zero-order valence-corrected chi connectivity index (χ0v) is 14.3. The third-order valence-corrected chi connectivity index (χ3v) is 4.89. The number of hydrogen-bond acceptors (Lipinski definition) is 3. The third-order valence-electron chi connectivity index (χ3n) is 4.89. The lowest BCUT2D eigenvalue weighted by molar-refractivity contribution is -0.148. The molecule has 4 heteroatoms. The molecule has 0 radical (unpaired) electrons. The summed E-state index contributed by atoms with van der Waals surface area (Å²) in [6.45, 7) is 6.21. The number of benzene rings is 1. The lowest BCUT2D eigenvalue weighted by Gasteiger charge is -2.34. The first kappa shape index (κ1) is 17.5. The molecular weight excluding hydrogens is 290 g/mol. The van der Waals surface area contributed by atoms with Gasteiger partial charge < -0.3 is 10.1 Å². The van der Waals surface area contributed by atoms with Gasteiger partial charge in [-0.1, -0.05) is 56.5 Å². The molecule has 1 saturated carbocycles. The molecule has 0 unspecified atom stereocenters. The Morgan fingerprint density at radius 3 is 2.57 bits per heavy atom. The summed E-state index contributed by atoms with van der Waals surface area (Å²) in [5, 5.41) is 3.01. The second kappa shape index (κ2) is 8.14. The first-order valence-corrected chi connectivity index (χ1v) is 8.46. The Kier molecular flexibility index (Phi) is 6.20. The normalized spacial score (nSPS) is 24.0. The molecule has 4 nitrogen and oxygen atoms in total. The molecule has 2 rings (SSSR count). The number of carbonyl (C=O) groups excluding carboxylic acids is 2. The van der Waals surface area contributed by atoms with Crippen molar-refractivity contribution in [3.05, 3.63) is 35.4 Å². The fourth-order valence-electron chi connectivity index (χ4n) is 3.10. The zero-order valence-electron chi connectivity index (χ0n) is 14.3. The highest BCUT2D eigenvalue weighted by molar-refractivity contribution is 5.81. The number of amides is 1. The summed E-state index contributed by atoms with van der Waals surface area (Å²) in [6.07, 6.45) is 3.57. The summed E-state index contributed by atoms with van der Waals surface area (Å²) < 4.78 is 5.09. The van der Waals surface area contributed by atoms with E-state index in [1.54, 1.807) is 0 Å². The van der Waals surface area contributed by atoms with E-state index >= 15 is 0 Å². The van der Waals surface area contributed by atoms with Gasteiger partial charge in [0.1, 0.15) is 0 Å². The molecule has 0 aromatic heterocycles. The maximum absolute atomic E-state index is 12.0. The van der Waals surface area contributed by atoms with Gasteiger partial charge in [0.05, 0.1) is 6.42 Å². The van der Waals surface area contributed by atoms with Crippen LogP contribution in [0.3, 0.4) is 0 Å². The average Bonchev–Trinajstić information content (AvgIpc) is 2.52. The van der Waals surface area contributed by atoms with Crippen molar-refractivity contribution in [2.24, 2.45) is 11.8 Å². The van der Waals surface area contributed by atoms with Gasteiger partial charge in [0.15, 0.2) is 6.61 Å². The molecule has 1 aliphatic rings. The van der Waals surface area contributed by atoms with Crippen LogP contribution < -0.4 is 5.32 Å². The standard InChI is InChI=1S/C19H27NO3/c1-13-7-9-16(10-8-13)11-19(22)23-12-18(21)20-17-6-4-5-14(2)15(17)3/h7-10,14-15,17H,4-6,11-12H2,1-3H3,(H,20,21)/t14-,15-,17+/m0/s1. The van der Waals surface area contributed by atoms with E-state index in [2.05, 4.69) is 19.2 Å². The van der Waals surface area contributed by atoms with Crippen LogP contribution in [0.4, 0.5) is 0 Å². The minimum atomic E-state index is -0.367. The fraction of sp³-hybridized carbons (Fsp3) is 0.579. The van der Waals surface area contributed by atoms with Gasteiger partial charge >= 0.3 is 5.97 Å². The monoisotopic (exact) mass is 317 g/mol. The Bertz CT molecular complexity index is 538. The van der Waals surface area contributed by atoms with Crippen molar-refractivity contribution >= 4 is 11.9 Å². The molecule has 0 spiro atoms. The van der Waals surface area contributed by atoms with Crippen LogP contribution in [0.5, 0.6) is 0 Å². The molecule has 1 aromatic rings. The van der Waals surface area contributed by atoms with Crippen molar-refractivity contribution in [3.8, 4) is 0 Å². The largest absolute Gasteiger partial charge is 0.455 e. The molecule has 0 heterocycles. The highest BCUT2D eigenvalue weighted by Gasteiger charge is 2.28. The van der Waals surface area contributed by atoms with E-state index in [1.807, 2.05) is 31.2 Å². The second-order valence-corrected chi connectivity index (χ2v) is 6.76. The summed E-state index contributed by atoms with van der Waals surface area (Å²) in [5.41, 5.74) is 2.05. The number of nitrogens with one attached hydrogen (secondary N) is 1. The Morgan fingerprint density at radius 2 is 1.87 bits per heavy atom. The van der Waals surface area contributed by atoms with Gasteiger partial charge in [0.25, 0.3) is 5.91 Å². The maximum Gasteiger partial charge on any atom is 0.310 e. The van der Waals surface area contributed by atoms with E-state index in [0.29, 0.717) is 11.8 Å². The molecule has 0 bridgehead atoms. The molecule has 0 saturated heterocycles. The van der Waals surface area contributed by atoms with Crippen molar-refractivity contribution in [3.63, 3.8) is 0 Å². The molecule has 23 heavy (non-hydrogen) atoms. The van der Waals surface area contributed by atoms with Gasteiger partial charge in [0.2, 0.25) is 0 Å². The Labute approximate surface area is 138 Å².